The molecule has 2 aromatic carbocycles. The molecular weight excluding hydrogens is 370 g/mol. The van der Waals surface area contributed by atoms with E-state index in [1.807, 2.05) is 31.1 Å². The number of rotatable bonds is 6. The van der Waals surface area contributed by atoms with Crippen LogP contribution in [0.1, 0.15) is 27.5 Å². The van der Waals surface area contributed by atoms with Crippen LogP contribution in [0.3, 0.4) is 0 Å². The number of ether oxygens (including phenoxy) is 1. The van der Waals surface area contributed by atoms with Crippen LogP contribution >= 0.6 is 11.6 Å². The molecule has 0 aliphatic carbocycles. The summed E-state index contributed by atoms with van der Waals surface area (Å²) in [4.78, 5) is 25.1. The molecule has 7 nitrogen and oxygen atoms in total. The lowest BCUT2D eigenvalue weighted by Gasteiger charge is -2.25. The summed E-state index contributed by atoms with van der Waals surface area (Å²) in [7, 11) is 3.84. The van der Waals surface area contributed by atoms with Crippen molar-refractivity contribution in [3.63, 3.8) is 0 Å². The van der Waals surface area contributed by atoms with Crippen LogP contribution in [0.4, 0.5) is 5.69 Å². The lowest BCUT2D eigenvalue weighted by Crippen LogP contribution is -2.34. The zero-order chi connectivity index (χ0) is 19.6. The normalized spacial score (nSPS) is 13.8. The molecule has 142 valence electrons. The number of nitro groups is 1. The van der Waals surface area contributed by atoms with Crippen molar-refractivity contribution in [3.05, 3.63) is 68.2 Å². The quantitative estimate of drug-likeness (QED) is 0.605. The lowest BCUT2D eigenvalue weighted by molar-refractivity contribution is -0.385. The number of carbonyl (C=O) groups excluding carboxylic acids is 1. The highest BCUT2D eigenvalue weighted by atomic mass is 35.5. The Balaban J connectivity index is 1.78. The number of carbonyl (C=O) groups is 1. The molecule has 0 aromatic heterocycles. The second kappa shape index (κ2) is 7.94. The molecule has 1 aliphatic heterocycles. The van der Waals surface area contributed by atoms with Crippen molar-refractivity contribution in [2.24, 2.45) is 0 Å². The van der Waals surface area contributed by atoms with Gasteiger partial charge in [0.15, 0.2) is 0 Å². The van der Waals surface area contributed by atoms with Crippen molar-refractivity contribution >= 4 is 23.2 Å². The van der Waals surface area contributed by atoms with Crippen LogP contribution in [0.5, 0.6) is 5.75 Å². The maximum Gasteiger partial charge on any atom is 0.282 e. The number of amides is 1. The Morgan fingerprint density at radius 3 is 2.81 bits per heavy atom. The summed E-state index contributed by atoms with van der Waals surface area (Å²) >= 11 is 5.91. The summed E-state index contributed by atoms with van der Waals surface area (Å²) in [5, 5.41) is 14.2. The van der Waals surface area contributed by atoms with E-state index in [2.05, 4.69) is 11.4 Å². The van der Waals surface area contributed by atoms with E-state index in [-0.39, 0.29) is 22.3 Å². The Labute approximate surface area is 162 Å². The molecule has 0 fully saturated rings. The van der Waals surface area contributed by atoms with E-state index in [1.54, 1.807) is 0 Å². The third kappa shape index (κ3) is 4.20. The van der Waals surface area contributed by atoms with Crippen LogP contribution in [0.2, 0.25) is 5.02 Å². The molecule has 8 heteroatoms. The highest BCUT2D eigenvalue weighted by Gasteiger charge is 2.23. The molecule has 0 saturated heterocycles. The molecule has 27 heavy (non-hydrogen) atoms. The van der Waals surface area contributed by atoms with Gasteiger partial charge in [-0.1, -0.05) is 23.7 Å². The van der Waals surface area contributed by atoms with E-state index in [1.165, 1.54) is 18.2 Å². The molecule has 3 rings (SSSR count). The SMILES string of the molecule is CN(C)C(CNC(=O)c1cc(Cl)ccc1[N+](=O)[O-])c1ccc2c(c1)CCO2. The van der Waals surface area contributed by atoms with Gasteiger partial charge in [-0.15, -0.1) is 0 Å². The second-order valence-corrected chi connectivity index (χ2v) is 7.01. The summed E-state index contributed by atoms with van der Waals surface area (Å²) in [6.07, 6.45) is 0.865. The standard InChI is InChI=1S/C19H20ClN3O4/c1-22(2)17(12-3-6-18-13(9-12)7-8-27-18)11-21-19(24)15-10-14(20)4-5-16(15)23(25)26/h3-6,9-10,17H,7-8,11H2,1-2H3,(H,21,24). The van der Waals surface area contributed by atoms with Gasteiger partial charge in [0.2, 0.25) is 0 Å². The van der Waals surface area contributed by atoms with Gasteiger partial charge in [0.25, 0.3) is 11.6 Å². The Hall–Kier alpha value is -2.64. The van der Waals surface area contributed by atoms with Gasteiger partial charge in [-0.3, -0.25) is 14.9 Å². The van der Waals surface area contributed by atoms with E-state index in [4.69, 9.17) is 16.3 Å². The summed E-state index contributed by atoms with van der Waals surface area (Å²) in [6, 6.07) is 9.86. The minimum absolute atomic E-state index is 0.0487. The van der Waals surface area contributed by atoms with Crippen molar-refractivity contribution in [1.82, 2.24) is 10.2 Å². The van der Waals surface area contributed by atoms with Crippen molar-refractivity contribution < 1.29 is 14.5 Å². The van der Waals surface area contributed by atoms with E-state index in [9.17, 15) is 14.9 Å². The summed E-state index contributed by atoms with van der Waals surface area (Å²) in [5.41, 5.74) is 1.88. The number of hydrogen-bond donors (Lipinski definition) is 1. The van der Waals surface area contributed by atoms with Crippen molar-refractivity contribution in [2.45, 2.75) is 12.5 Å². The van der Waals surface area contributed by atoms with E-state index in [0.29, 0.717) is 13.2 Å². The average molecular weight is 390 g/mol. The topological polar surface area (TPSA) is 84.7 Å². The van der Waals surface area contributed by atoms with Crippen molar-refractivity contribution in [3.8, 4) is 5.75 Å². The highest BCUT2D eigenvalue weighted by molar-refractivity contribution is 6.31. The van der Waals surface area contributed by atoms with Crippen LogP contribution in [-0.2, 0) is 6.42 Å². The lowest BCUT2D eigenvalue weighted by atomic mass is 10.0. The third-order valence-electron chi connectivity index (χ3n) is 4.58. The van der Waals surface area contributed by atoms with E-state index < -0.39 is 10.8 Å². The predicted molar refractivity (Wildman–Crippen MR) is 103 cm³/mol. The first kappa shape index (κ1) is 19.1. The van der Waals surface area contributed by atoms with Gasteiger partial charge in [0.1, 0.15) is 11.3 Å². The fraction of sp³-hybridized carbons (Fsp3) is 0.316. The molecule has 1 N–H and O–H groups in total. The van der Waals surface area contributed by atoms with Crippen LogP contribution in [-0.4, -0.2) is 43.0 Å². The number of hydrogen-bond acceptors (Lipinski definition) is 5. The predicted octanol–water partition coefficient (Wildman–Crippen LogP) is 3.22. The van der Waals surface area contributed by atoms with E-state index in [0.717, 1.165) is 23.3 Å². The fourth-order valence-corrected chi connectivity index (χ4v) is 3.32. The largest absolute Gasteiger partial charge is 0.493 e. The van der Waals surface area contributed by atoms with Gasteiger partial charge < -0.3 is 15.0 Å². The molecule has 1 unspecified atom stereocenters. The monoisotopic (exact) mass is 389 g/mol. The number of nitrogens with one attached hydrogen (secondary N) is 1. The van der Waals surface area contributed by atoms with Crippen LogP contribution in [0.25, 0.3) is 0 Å². The number of benzene rings is 2. The fourth-order valence-electron chi connectivity index (χ4n) is 3.15. The number of halogens is 1. The second-order valence-electron chi connectivity index (χ2n) is 6.57. The Morgan fingerprint density at radius 1 is 1.33 bits per heavy atom. The van der Waals surface area contributed by atoms with Crippen LogP contribution in [0.15, 0.2) is 36.4 Å². The summed E-state index contributed by atoms with van der Waals surface area (Å²) < 4.78 is 5.54. The maximum absolute atomic E-state index is 12.6. The Morgan fingerprint density at radius 2 is 2.11 bits per heavy atom. The molecular formula is C19H20ClN3O4. The Kier molecular flexibility index (Phi) is 5.62. The van der Waals surface area contributed by atoms with Crippen molar-refractivity contribution in [1.29, 1.82) is 0 Å². The number of likely N-dealkylation sites (N-methyl/N-ethyl adjacent to an activating group) is 1. The number of nitrogens with zero attached hydrogens (tertiary/aromatic N) is 2. The third-order valence-corrected chi connectivity index (χ3v) is 4.81. The molecule has 0 saturated carbocycles. The number of nitro benzene ring substituents is 1. The first-order valence-corrected chi connectivity index (χ1v) is 8.89. The molecule has 1 aliphatic rings. The minimum Gasteiger partial charge on any atom is -0.493 e. The summed E-state index contributed by atoms with van der Waals surface area (Å²) in [5.74, 6) is 0.371. The first-order valence-electron chi connectivity index (χ1n) is 8.51. The van der Waals surface area contributed by atoms with Crippen molar-refractivity contribution in [2.75, 3.05) is 27.2 Å². The maximum atomic E-state index is 12.6. The smallest absolute Gasteiger partial charge is 0.282 e. The Bertz CT molecular complexity index is 885. The van der Waals surface area contributed by atoms with Crippen LogP contribution < -0.4 is 10.1 Å². The molecule has 1 heterocycles. The minimum atomic E-state index is -0.588. The molecule has 0 spiro atoms. The molecule has 2 aromatic rings. The molecule has 1 amide bonds. The highest BCUT2D eigenvalue weighted by Crippen LogP contribution is 2.29. The van der Waals surface area contributed by atoms with Gasteiger partial charge >= 0.3 is 0 Å². The molecule has 1 atom stereocenters. The zero-order valence-corrected chi connectivity index (χ0v) is 15.8. The molecule has 0 radical (unpaired) electrons. The van der Waals surface area contributed by atoms with Gasteiger partial charge in [0.05, 0.1) is 17.6 Å². The van der Waals surface area contributed by atoms with Crippen LogP contribution in [0, 0.1) is 10.1 Å². The summed E-state index contributed by atoms with van der Waals surface area (Å²) in [6.45, 7) is 0.982. The van der Waals surface area contributed by atoms with Gasteiger partial charge in [-0.25, -0.2) is 0 Å². The number of fused-ring (bicyclic) bond motifs is 1. The first-order chi connectivity index (χ1) is 12.9. The average Bonchev–Trinajstić information content (AvgIpc) is 3.09. The zero-order valence-electron chi connectivity index (χ0n) is 15.1. The van der Waals surface area contributed by atoms with Gasteiger partial charge in [-0.2, -0.15) is 0 Å². The molecule has 0 bridgehead atoms. The van der Waals surface area contributed by atoms with Gasteiger partial charge in [0, 0.05) is 24.1 Å². The van der Waals surface area contributed by atoms with E-state index >= 15 is 0 Å². The van der Waals surface area contributed by atoms with Gasteiger partial charge in [-0.05, 0) is 43.4 Å².